The zero-order chi connectivity index (χ0) is 32.2. The fourth-order valence-corrected chi connectivity index (χ4v) is 5.45. The number of para-hydroxylation sites is 2. The average molecular weight is 631 g/mol. The number of anilines is 2. The van der Waals surface area contributed by atoms with Gasteiger partial charge in [0.1, 0.15) is 20.8 Å². The molecule has 0 fully saturated rings. The number of aromatic amines is 2. The van der Waals surface area contributed by atoms with Gasteiger partial charge in [0, 0.05) is 23.8 Å². The molecule has 228 valence electrons. The number of H-pyrrole nitrogens is 2. The van der Waals surface area contributed by atoms with Crippen molar-refractivity contribution in [2.24, 2.45) is 0 Å². The van der Waals surface area contributed by atoms with Gasteiger partial charge in [0.25, 0.3) is 11.8 Å². The minimum Gasteiger partial charge on any atom is -0.351 e. The Morgan fingerprint density at radius 3 is 1.30 bits per heavy atom. The number of benzene rings is 2. The molecule has 0 radical (unpaired) electrons. The number of aromatic nitrogens is 4. The summed E-state index contributed by atoms with van der Waals surface area (Å²) < 4.78 is 8.24. The van der Waals surface area contributed by atoms with Crippen molar-refractivity contribution < 1.29 is 9.59 Å². The standard InChI is InChI=1S/2C14H11N3O2S.2C2H6/c2*1-8-11-12(18)10(7-15-14(11)20-17-8)13(19)16-9-5-3-2-4-6-9;2*1-2/h2*2-7H,1H3,(H,15,18)(H,16,19);2*1-2H3. The van der Waals surface area contributed by atoms with Crippen molar-refractivity contribution in [3.05, 3.63) is 116 Å². The second kappa shape index (κ2) is 16.1. The van der Waals surface area contributed by atoms with Crippen LogP contribution in [-0.4, -0.2) is 30.5 Å². The molecule has 2 aromatic carbocycles. The first-order valence-electron chi connectivity index (χ1n) is 14.0. The van der Waals surface area contributed by atoms with Crippen LogP contribution in [0.5, 0.6) is 0 Å². The van der Waals surface area contributed by atoms with E-state index in [0.717, 1.165) is 0 Å². The molecule has 0 aliphatic carbocycles. The lowest BCUT2D eigenvalue weighted by Crippen LogP contribution is -2.21. The molecule has 0 spiro atoms. The number of fused-ring (bicyclic) bond motifs is 2. The van der Waals surface area contributed by atoms with E-state index < -0.39 is 11.8 Å². The van der Waals surface area contributed by atoms with Crippen LogP contribution < -0.4 is 21.5 Å². The number of aryl methyl sites for hydroxylation is 2. The summed E-state index contributed by atoms with van der Waals surface area (Å²) in [7, 11) is 0. The fourth-order valence-electron chi connectivity index (χ4n) is 3.92. The third kappa shape index (κ3) is 7.71. The number of hydrogen-bond donors (Lipinski definition) is 4. The molecule has 4 aromatic heterocycles. The first kappa shape index (κ1) is 33.6. The second-order valence-corrected chi connectivity index (χ2v) is 10.2. The molecular weight excluding hydrogens is 597 g/mol. The number of carbonyl (C=O) groups excluding carboxylic acids is 2. The van der Waals surface area contributed by atoms with Gasteiger partial charge in [-0.3, -0.25) is 19.2 Å². The highest BCUT2D eigenvalue weighted by molar-refractivity contribution is 7.13. The lowest BCUT2D eigenvalue weighted by atomic mass is 10.2. The summed E-state index contributed by atoms with van der Waals surface area (Å²) in [5, 5.41) is 6.36. The lowest BCUT2D eigenvalue weighted by Gasteiger charge is -2.04. The lowest BCUT2D eigenvalue weighted by molar-refractivity contribution is 0.101. The van der Waals surface area contributed by atoms with Crippen molar-refractivity contribution in [1.29, 1.82) is 0 Å². The monoisotopic (exact) mass is 630 g/mol. The molecule has 10 nitrogen and oxygen atoms in total. The summed E-state index contributed by atoms with van der Waals surface area (Å²) in [4.78, 5) is 56.2. The summed E-state index contributed by atoms with van der Waals surface area (Å²) in [6, 6.07) is 18.0. The average Bonchev–Trinajstić information content (AvgIpc) is 3.63. The maximum absolute atomic E-state index is 12.3. The van der Waals surface area contributed by atoms with Gasteiger partial charge >= 0.3 is 0 Å². The van der Waals surface area contributed by atoms with Gasteiger partial charge in [-0.1, -0.05) is 64.1 Å². The van der Waals surface area contributed by atoms with E-state index in [2.05, 4.69) is 29.3 Å². The van der Waals surface area contributed by atoms with Crippen molar-refractivity contribution in [2.75, 3.05) is 10.6 Å². The normalized spacial score (nSPS) is 9.95. The fraction of sp³-hybridized carbons (Fsp3) is 0.188. The Hall–Kier alpha value is -4.94. The molecule has 6 rings (SSSR count). The summed E-state index contributed by atoms with van der Waals surface area (Å²) in [5.41, 5.74) is 2.17. The van der Waals surface area contributed by atoms with Crippen molar-refractivity contribution in [3.8, 4) is 0 Å². The Balaban J connectivity index is 0.000000216. The van der Waals surface area contributed by atoms with Gasteiger partial charge in [0.2, 0.25) is 10.9 Å². The highest BCUT2D eigenvalue weighted by Gasteiger charge is 2.17. The maximum atomic E-state index is 12.3. The van der Waals surface area contributed by atoms with Crippen LogP contribution in [0.15, 0.2) is 82.6 Å². The van der Waals surface area contributed by atoms with Crippen LogP contribution in [0.1, 0.15) is 59.8 Å². The zero-order valence-corrected chi connectivity index (χ0v) is 26.9. The topological polar surface area (TPSA) is 150 Å². The van der Waals surface area contributed by atoms with Crippen molar-refractivity contribution in [1.82, 2.24) is 18.7 Å². The molecule has 0 bridgehead atoms. The Morgan fingerprint density at radius 2 is 0.955 bits per heavy atom. The van der Waals surface area contributed by atoms with Crippen LogP contribution in [0.4, 0.5) is 11.4 Å². The molecule has 0 aliphatic heterocycles. The molecule has 12 heteroatoms. The molecule has 6 aromatic rings. The molecule has 0 saturated heterocycles. The summed E-state index contributed by atoms with van der Waals surface area (Å²) >= 11 is 2.43. The Morgan fingerprint density at radius 1 is 0.614 bits per heavy atom. The van der Waals surface area contributed by atoms with Crippen molar-refractivity contribution >= 4 is 66.7 Å². The number of nitrogens with one attached hydrogen (secondary N) is 4. The Labute approximate surface area is 262 Å². The zero-order valence-electron chi connectivity index (χ0n) is 25.3. The molecule has 0 saturated carbocycles. The number of rotatable bonds is 4. The Kier molecular flexibility index (Phi) is 12.2. The SMILES string of the molecule is CC.CC.Cc1nsc2[nH]cc(C(=O)Nc3ccccc3)c(=O)c12.Cc1nsc2[nH]cc(C(=O)Nc3ccccc3)c(=O)c12. The highest BCUT2D eigenvalue weighted by Crippen LogP contribution is 2.18. The molecule has 0 unspecified atom stereocenters. The molecule has 0 aliphatic rings. The summed E-state index contributed by atoms with van der Waals surface area (Å²) in [6.07, 6.45) is 2.86. The largest absolute Gasteiger partial charge is 0.351 e. The molecule has 4 heterocycles. The summed E-state index contributed by atoms with van der Waals surface area (Å²) in [5.74, 6) is -0.852. The van der Waals surface area contributed by atoms with E-state index in [-0.39, 0.29) is 22.0 Å². The number of carbonyl (C=O) groups is 2. The van der Waals surface area contributed by atoms with Crippen LogP contribution in [0, 0.1) is 13.8 Å². The smallest absolute Gasteiger partial charge is 0.261 e. The van der Waals surface area contributed by atoms with E-state index in [1.807, 2.05) is 64.1 Å². The quantitative estimate of drug-likeness (QED) is 0.163. The van der Waals surface area contributed by atoms with Crippen LogP contribution in [0.3, 0.4) is 0 Å². The predicted octanol–water partition coefficient (Wildman–Crippen LogP) is 7.14. The third-order valence-corrected chi connectivity index (χ3v) is 7.66. The molecule has 2 amide bonds. The van der Waals surface area contributed by atoms with Crippen molar-refractivity contribution in [3.63, 3.8) is 0 Å². The van der Waals surface area contributed by atoms with Gasteiger partial charge in [-0.2, -0.15) is 8.75 Å². The maximum Gasteiger partial charge on any atom is 0.261 e. The minimum atomic E-state index is -0.426. The van der Waals surface area contributed by atoms with Crippen LogP contribution in [0.25, 0.3) is 20.4 Å². The van der Waals surface area contributed by atoms with E-state index in [1.165, 1.54) is 35.5 Å². The van der Waals surface area contributed by atoms with E-state index in [4.69, 9.17) is 0 Å². The van der Waals surface area contributed by atoms with Gasteiger partial charge in [-0.25, -0.2) is 0 Å². The number of amides is 2. The first-order valence-corrected chi connectivity index (χ1v) is 15.6. The first-order chi connectivity index (χ1) is 21.3. The number of nitrogens with zero attached hydrogens (tertiary/aromatic N) is 2. The van der Waals surface area contributed by atoms with E-state index in [0.29, 0.717) is 43.2 Å². The Bertz CT molecular complexity index is 1820. The molecule has 0 atom stereocenters. The molecular formula is C32H34N6O4S2. The van der Waals surface area contributed by atoms with Gasteiger partial charge in [0.05, 0.1) is 22.2 Å². The third-order valence-electron chi connectivity index (χ3n) is 5.92. The van der Waals surface area contributed by atoms with Gasteiger partial charge in [0.15, 0.2) is 0 Å². The van der Waals surface area contributed by atoms with Gasteiger partial charge in [-0.15, -0.1) is 0 Å². The minimum absolute atomic E-state index is 0.0876. The van der Waals surface area contributed by atoms with E-state index >= 15 is 0 Å². The van der Waals surface area contributed by atoms with Crippen LogP contribution in [0.2, 0.25) is 0 Å². The second-order valence-electron chi connectivity index (χ2n) is 8.65. The van der Waals surface area contributed by atoms with Crippen LogP contribution >= 0.6 is 23.1 Å². The number of hydrogen-bond acceptors (Lipinski definition) is 8. The van der Waals surface area contributed by atoms with Gasteiger partial charge < -0.3 is 20.6 Å². The number of pyridine rings is 2. The van der Waals surface area contributed by atoms with Crippen molar-refractivity contribution in [2.45, 2.75) is 41.5 Å². The van der Waals surface area contributed by atoms with E-state index in [1.54, 1.807) is 38.1 Å². The molecule has 4 N–H and O–H groups in total. The van der Waals surface area contributed by atoms with E-state index in [9.17, 15) is 19.2 Å². The van der Waals surface area contributed by atoms with Gasteiger partial charge in [-0.05, 0) is 61.2 Å². The van der Waals surface area contributed by atoms with Crippen LogP contribution in [-0.2, 0) is 0 Å². The predicted molar refractivity (Wildman–Crippen MR) is 181 cm³/mol. The summed E-state index contributed by atoms with van der Waals surface area (Å²) in [6.45, 7) is 11.5. The highest BCUT2D eigenvalue weighted by atomic mass is 32.1. The molecule has 44 heavy (non-hydrogen) atoms.